The molecular formula is C17H16N2O. The second-order valence-corrected chi connectivity index (χ2v) is 5.50. The minimum atomic E-state index is -0.186. The molecule has 0 fully saturated rings. The number of para-hydroxylation sites is 1. The molecule has 1 amide bonds. The fourth-order valence-electron chi connectivity index (χ4n) is 3.35. The molecule has 20 heavy (non-hydrogen) atoms. The number of anilines is 2. The van der Waals surface area contributed by atoms with E-state index in [1.54, 1.807) is 0 Å². The summed E-state index contributed by atoms with van der Waals surface area (Å²) in [5.41, 5.74) is 5.66. The Kier molecular flexibility index (Phi) is 2.36. The van der Waals surface area contributed by atoms with Crippen LogP contribution in [0.5, 0.6) is 0 Å². The number of nitrogens with zero attached hydrogens (tertiary/aromatic N) is 1. The molecular weight excluding hydrogens is 248 g/mol. The van der Waals surface area contributed by atoms with Gasteiger partial charge in [0.25, 0.3) is 5.91 Å². The minimum Gasteiger partial charge on any atom is -0.354 e. The second kappa shape index (κ2) is 4.10. The highest BCUT2D eigenvalue weighted by Gasteiger charge is 2.37. The van der Waals surface area contributed by atoms with E-state index in [1.807, 2.05) is 25.1 Å². The van der Waals surface area contributed by atoms with Crippen molar-refractivity contribution in [3.05, 3.63) is 59.2 Å². The summed E-state index contributed by atoms with van der Waals surface area (Å²) in [5, 5.41) is 3.09. The molecule has 0 radical (unpaired) electrons. The Balaban J connectivity index is 1.90. The molecule has 3 heteroatoms. The van der Waals surface area contributed by atoms with Crippen LogP contribution in [0.1, 0.15) is 22.7 Å². The summed E-state index contributed by atoms with van der Waals surface area (Å²) in [6.45, 7) is 2.93. The number of hydrogen-bond donors (Lipinski definition) is 1. The van der Waals surface area contributed by atoms with Crippen molar-refractivity contribution in [3.8, 4) is 0 Å². The van der Waals surface area contributed by atoms with Crippen LogP contribution >= 0.6 is 0 Å². The van der Waals surface area contributed by atoms with Crippen LogP contribution in [-0.2, 0) is 11.2 Å². The van der Waals surface area contributed by atoms with Crippen LogP contribution in [0.15, 0.2) is 42.5 Å². The molecule has 0 saturated heterocycles. The summed E-state index contributed by atoms with van der Waals surface area (Å²) < 4.78 is 0. The zero-order valence-corrected chi connectivity index (χ0v) is 11.4. The van der Waals surface area contributed by atoms with Gasteiger partial charge < -0.3 is 10.2 Å². The summed E-state index contributed by atoms with van der Waals surface area (Å²) in [5.74, 6) is 0.0824. The number of nitrogens with one attached hydrogen (secondary N) is 1. The fourth-order valence-corrected chi connectivity index (χ4v) is 3.35. The van der Waals surface area contributed by atoms with Crippen LogP contribution in [0.3, 0.4) is 0 Å². The largest absolute Gasteiger partial charge is 0.354 e. The zero-order valence-electron chi connectivity index (χ0n) is 11.4. The molecule has 1 unspecified atom stereocenters. The summed E-state index contributed by atoms with van der Waals surface area (Å²) >= 11 is 0. The molecule has 2 aromatic rings. The maximum Gasteiger partial charge on any atom is 0.251 e. The normalized spacial score (nSPS) is 19.8. The first-order valence-corrected chi connectivity index (χ1v) is 7.00. The van der Waals surface area contributed by atoms with Gasteiger partial charge >= 0.3 is 0 Å². The standard InChI is InChI=1S/C17H16N2O/c1-11-5-4-8-14-15(11)18-17(20)16-13-7-3-2-6-12(13)9-10-19(14)16/h2-8,16H,9-10H2,1H3,(H,18,20). The van der Waals surface area contributed by atoms with E-state index in [-0.39, 0.29) is 11.9 Å². The van der Waals surface area contributed by atoms with Gasteiger partial charge in [0.1, 0.15) is 6.04 Å². The van der Waals surface area contributed by atoms with Crippen LogP contribution in [0, 0.1) is 6.92 Å². The third kappa shape index (κ3) is 1.49. The Morgan fingerprint density at radius 2 is 2.00 bits per heavy atom. The van der Waals surface area contributed by atoms with Crippen molar-refractivity contribution >= 4 is 17.3 Å². The van der Waals surface area contributed by atoms with E-state index in [2.05, 4.69) is 34.5 Å². The SMILES string of the molecule is Cc1cccc2c1NC(=O)C1c3ccccc3CCN21. The van der Waals surface area contributed by atoms with Gasteiger partial charge in [-0.05, 0) is 36.1 Å². The zero-order chi connectivity index (χ0) is 13.7. The van der Waals surface area contributed by atoms with Gasteiger partial charge in [-0.25, -0.2) is 0 Å². The Bertz CT molecular complexity index is 708. The Morgan fingerprint density at radius 1 is 1.15 bits per heavy atom. The lowest BCUT2D eigenvalue weighted by Gasteiger charge is -2.42. The van der Waals surface area contributed by atoms with E-state index in [1.165, 1.54) is 5.56 Å². The summed E-state index contributed by atoms with van der Waals surface area (Å²) in [6, 6.07) is 14.3. The van der Waals surface area contributed by atoms with Gasteiger partial charge in [-0.3, -0.25) is 4.79 Å². The molecule has 4 rings (SSSR count). The van der Waals surface area contributed by atoms with Gasteiger partial charge in [0.05, 0.1) is 11.4 Å². The molecule has 0 aliphatic carbocycles. The van der Waals surface area contributed by atoms with Crippen molar-refractivity contribution in [2.45, 2.75) is 19.4 Å². The number of carbonyl (C=O) groups excluding carboxylic acids is 1. The number of fused-ring (bicyclic) bond motifs is 5. The molecule has 2 aliphatic rings. The average Bonchev–Trinajstić information content (AvgIpc) is 2.48. The van der Waals surface area contributed by atoms with Gasteiger partial charge in [-0.1, -0.05) is 36.4 Å². The highest BCUT2D eigenvalue weighted by Crippen LogP contribution is 2.42. The predicted molar refractivity (Wildman–Crippen MR) is 80.0 cm³/mol. The lowest BCUT2D eigenvalue weighted by Crippen LogP contribution is -2.45. The van der Waals surface area contributed by atoms with E-state index in [9.17, 15) is 4.79 Å². The van der Waals surface area contributed by atoms with Crippen LogP contribution < -0.4 is 10.2 Å². The van der Waals surface area contributed by atoms with Crippen LogP contribution in [0.25, 0.3) is 0 Å². The molecule has 0 aromatic heterocycles. The molecule has 0 spiro atoms. The molecule has 2 aromatic carbocycles. The summed E-state index contributed by atoms with van der Waals surface area (Å²) in [7, 11) is 0. The molecule has 0 bridgehead atoms. The molecule has 1 atom stereocenters. The number of benzene rings is 2. The van der Waals surface area contributed by atoms with Gasteiger partial charge in [0, 0.05) is 6.54 Å². The summed E-state index contributed by atoms with van der Waals surface area (Å²) in [6.07, 6.45) is 0.993. The lowest BCUT2D eigenvalue weighted by atomic mass is 9.89. The molecule has 2 heterocycles. The van der Waals surface area contributed by atoms with E-state index in [4.69, 9.17) is 0 Å². The van der Waals surface area contributed by atoms with Crippen molar-refractivity contribution in [3.63, 3.8) is 0 Å². The van der Waals surface area contributed by atoms with Crippen molar-refractivity contribution < 1.29 is 4.79 Å². The van der Waals surface area contributed by atoms with E-state index < -0.39 is 0 Å². The Morgan fingerprint density at radius 3 is 2.90 bits per heavy atom. The number of amides is 1. The average molecular weight is 264 g/mol. The van der Waals surface area contributed by atoms with E-state index in [0.29, 0.717) is 0 Å². The number of hydrogen-bond acceptors (Lipinski definition) is 2. The monoisotopic (exact) mass is 264 g/mol. The van der Waals surface area contributed by atoms with E-state index in [0.717, 1.165) is 35.5 Å². The first-order chi connectivity index (χ1) is 9.75. The molecule has 1 N–H and O–H groups in total. The molecule has 100 valence electrons. The molecule has 2 aliphatic heterocycles. The fraction of sp³-hybridized carbons (Fsp3) is 0.235. The molecule has 0 saturated carbocycles. The van der Waals surface area contributed by atoms with Crippen molar-refractivity contribution in [2.24, 2.45) is 0 Å². The topological polar surface area (TPSA) is 32.3 Å². The van der Waals surface area contributed by atoms with E-state index >= 15 is 0 Å². The minimum absolute atomic E-state index is 0.0824. The lowest BCUT2D eigenvalue weighted by molar-refractivity contribution is -0.117. The number of aryl methyl sites for hydroxylation is 1. The van der Waals surface area contributed by atoms with Gasteiger partial charge in [0.2, 0.25) is 0 Å². The maximum atomic E-state index is 12.6. The van der Waals surface area contributed by atoms with Crippen molar-refractivity contribution in [2.75, 3.05) is 16.8 Å². The highest BCUT2D eigenvalue weighted by atomic mass is 16.2. The smallest absolute Gasteiger partial charge is 0.251 e. The van der Waals surface area contributed by atoms with Crippen LogP contribution in [0.2, 0.25) is 0 Å². The van der Waals surface area contributed by atoms with Gasteiger partial charge in [0.15, 0.2) is 0 Å². The van der Waals surface area contributed by atoms with Crippen molar-refractivity contribution in [1.29, 1.82) is 0 Å². The van der Waals surface area contributed by atoms with Gasteiger partial charge in [-0.2, -0.15) is 0 Å². The quantitative estimate of drug-likeness (QED) is 0.793. The third-order valence-electron chi connectivity index (χ3n) is 4.34. The van der Waals surface area contributed by atoms with Crippen LogP contribution in [0.4, 0.5) is 11.4 Å². The second-order valence-electron chi connectivity index (χ2n) is 5.50. The maximum absolute atomic E-state index is 12.6. The number of rotatable bonds is 0. The summed E-state index contributed by atoms with van der Waals surface area (Å²) in [4.78, 5) is 14.8. The third-order valence-corrected chi connectivity index (χ3v) is 4.34. The first-order valence-electron chi connectivity index (χ1n) is 7.00. The van der Waals surface area contributed by atoms with Gasteiger partial charge in [-0.15, -0.1) is 0 Å². The van der Waals surface area contributed by atoms with Crippen molar-refractivity contribution in [1.82, 2.24) is 0 Å². The highest BCUT2D eigenvalue weighted by molar-refractivity contribution is 6.05. The Hall–Kier alpha value is -2.29. The number of carbonyl (C=O) groups is 1. The van der Waals surface area contributed by atoms with Crippen LogP contribution in [-0.4, -0.2) is 12.5 Å². The first kappa shape index (κ1) is 11.5. The predicted octanol–water partition coefficient (Wildman–Crippen LogP) is 3.05. The molecule has 3 nitrogen and oxygen atoms in total. The Labute approximate surface area is 118 Å².